The minimum Gasteiger partial charge on any atom is -0.319 e. The molecule has 1 aromatic rings. The van der Waals surface area contributed by atoms with E-state index in [1.807, 2.05) is 0 Å². The first-order valence-electron chi connectivity index (χ1n) is 6.34. The van der Waals surface area contributed by atoms with Crippen LogP contribution < -0.4 is 5.32 Å². The van der Waals surface area contributed by atoms with Crippen LogP contribution in [0.4, 0.5) is 0 Å². The molecule has 0 radical (unpaired) electrons. The van der Waals surface area contributed by atoms with Gasteiger partial charge in [-0.2, -0.15) is 11.3 Å². The molecule has 2 atom stereocenters. The fourth-order valence-electron chi connectivity index (χ4n) is 2.84. The molecule has 4 heteroatoms. The van der Waals surface area contributed by atoms with Gasteiger partial charge in [-0.15, -0.1) is 0 Å². The fourth-order valence-corrected chi connectivity index (χ4v) is 3.52. The van der Waals surface area contributed by atoms with Crippen molar-refractivity contribution in [2.24, 2.45) is 5.92 Å². The summed E-state index contributed by atoms with van der Waals surface area (Å²) in [5.74, 6) is 0.959. The summed E-state index contributed by atoms with van der Waals surface area (Å²) in [5.41, 5.74) is 1.23. The maximum Gasteiger partial charge on any atom is 0.238 e. The zero-order chi connectivity index (χ0) is 11.8. The van der Waals surface area contributed by atoms with Crippen molar-refractivity contribution in [2.75, 3.05) is 6.54 Å². The summed E-state index contributed by atoms with van der Waals surface area (Å²) in [6.45, 7) is 2.69. The van der Waals surface area contributed by atoms with Gasteiger partial charge in [0.25, 0.3) is 0 Å². The maximum absolute atomic E-state index is 12.0. The lowest BCUT2D eigenvalue weighted by atomic mass is 9.79. The van der Waals surface area contributed by atoms with Crippen molar-refractivity contribution in [3.63, 3.8) is 0 Å². The first-order chi connectivity index (χ1) is 8.27. The number of amides is 1. The Morgan fingerprint density at radius 3 is 2.94 bits per heavy atom. The van der Waals surface area contributed by atoms with Gasteiger partial charge in [0, 0.05) is 6.04 Å². The number of carbonyl (C=O) groups excluding carboxylic acids is 1. The molecule has 0 bridgehead atoms. The number of hydrogen-bond donors (Lipinski definition) is 1. The van der Waals surface area contributed by atoms with Crippen LogP contribution in [0.25, 0.3) is 0 Å². The highest BCUT2D eigenvalue weighted by molar-refractivity contribution is 7.07. The van der Waals surface area contributed by atoms with E-state index in [4.69, 9.17) is 0 Å². The minimum absolute atomic E-state index is 0.101. The standard InChI is InChI=1S/C13H18N2OS/c1-9(10-3-2-4-10)15-12(16)7-14-13(15)11-5-6-17-8-11/h5-6,8-10,13-14H,2-4,7H2,1H3. The number of rotatable bonds is 3. The molecule has 1 saturated carbocycles. The van der Waals surface area contributed by atoms with Crippen molar-refractivity contribution in [3.8, 4) is 0 Å². The van der Waals surface area contributed by atoms with Crippen molar-refractivity contribution < 1.29 is 4.79 Å². The van der Waals surface area contributed by atoms with E-state index in [1.54, 1.807) is 11.3 Å². The molecule has 0 spiro atoms. The van der Waals surface area contributed by atoms with Crippen LogP contribution in [0.3, 0.4) is 0 Å². The van der Waals surface area contributed by atoms with Gasteiger partial charge >= 0.3 is 0 Å². The van der Waals surface area contributed by atoms with E-state index in [0.717, 1.165) is 0 Å². The van der Waals surface area contributed by atoms with Crippen LogP contribution >= 0.6 is 11.3 Å². The molecule has 3 rings (SSSR count). The molecule has 2 unspecified atom stereocenters. The van der Waals surface area contributed by atoms with E-state index >= 15 is 0 Å². The highest BCUT2D eigenvalue weighted by atomic mass is 32.1. The maximum atomic E-state index is 12.0. The van der Waals surface area contributed by atoms with E-state index < -0.39 is 0 Å². The molecule has 2 aliphatic rings. The highest BCUT2D eigenvalue weighted by Crippen LogP contribution is 2.36. The van der Waals surface area contributed by atoms with Gasteiger partial charge in [-0.05, 0) is 48.1 Å². The average Bonchev–Trinajstić information content (AvgIpc) is 2.82. The third-order valence-electron chi connectivity index (χ3n) is 4.14. The highest BCUT2D eigenvalue weighted by Gasteiger charge is 2.39. The fraction of sp³-hybridized carbons (Fsp3) is 0.615. The molecular formula is C13H18N2OS. The van der Waals surface area contributed by atoms with Gasteiger partial charge in [-0.1, -0.05) is 6.42 Å². The van der Waals surface area contributed by atoms with Crippen LogP contribution in [0.2, 0.25) is 0 Å². The van der Waals surface area contributed by atoms with Crippen LogP contribution in [0.1, 0.15) is 37.9 Å². The van der Waals surface area contributed by atoms with Crippen molar-refractivity contribution in [1.82, 2.24) is 10.2 Å². The van der Waals surface area contributed by atoms with Gasteiger partial charge in [-0.3, -0.25) is 10.1 Å². The number of carbonyl (C=O) groups is 1. The molecule has 1 aromatic heterocycles. The van der Waals surface area contributed by atoms with Crippen LogP contribution in [0.15, 0.2) is 16.8 Å². The third-order valence-corrected chi connectivity index (χ3v) is 4.84. The summed E-state index contributed by atoms with van der Waals surface area (Å²) in [6, 6.07) is 2.48. The summed E-state index contributed by atoms with van der Waals surface area (Å²) < 4.78 is 0. The first-order valence-corrected chi connectivity index (χ1v) is 7.28. The minimum atomic E-state index is 0.101. The SMILES string of the molecule is CC(C1CCC1)N1C(=O)CNC1c1ccsc1. The molecule has 92 valence electrons. The van der Waals surface area contributed by atoms with Gasteiger partial charge in [0.15, 0.2) is 0 Å². The summed E-state index contributed by atoms with van der Waals surface area (Å²) in [5, 5.41) is 7.54. The lowest BCUT2D eigenvalue weighted by Gasteiger charge is -2.39. The second-order valence-corrected chi connectivity index (χ2v) is 5.85. The Kier molecular flexibility index (Phi) is 2.92. The molecular weight excluding hydrogens is 232 g/mol. The molecule has 1 amide bonds. The second-order valence-electron chi connectivity index (χ2n) is 5.07. The van der Waals surface area contributed by atoms with E-state index in [2.05, 4.69) is 34.0 Å². The summed E-state index contributed by atoms with van der Waals surface area (Å²) >= 11 is 1.69. The number of thiophene rings is 1. The van der Waals surface area contributed by atoms with E-state index in [9.17, 15) is 4.79 Å². The topological polar surface area (TPSA) is 32.3 Å². The quantitative estimate of drug-likeness (QED) is 0.893. The van der Waals surface area contributed by atoms with Gasteiger partial charge in [-0.25, -0.2) is 0 Å². The van der Waals surface area contributed by atoms with Gasteiger partial charge in [0.1, 0.15) is 6.17 Å². The molecule has 1 aliphatic carbocycles. The predicted molar refractivity (Wildman–Crippen MR) is 68.7 cm³/mol. The van der Waals surface area contributed by atoms with Gasteiger partial charge < -0.3 is 4.90 Å². The zero-order valence-corrected chi connectivity index (χ0v) is 10.9. The Labute approximate surface area is 106 Å². The first kappa shape index (κ1) is 11.2. The summed E-state index contributed by atoms with van der Waals surface area (Å²) in [7, 11) is 0. The molecule has 3 nitrogen and oxygen atoms in total. The molecule has 17 heavy (non-hydrogen) atoms. The third kappa shape index (κ3) is 1.89. The zero-order valence-electron chi connectivity index (χ0n) is 10.1. The van der Waals surface area contributed by atoms with E-state index in [1.165, 1.54) is 24.8 Å². The molecule has 1 aliphatic heterocycles. The van der Waals surface area contributed by atoms with Crippen molar-refractivity contribution in [3.05, 3.63) is 22.4 Å². The normalized spacial score (nSPS) is 27.2. The van der Waals surface area contributed by atoms with Crippen molar-refractivity contribution in [2.45, 2.75) is 38.4 Å². The Morgan fingerprint density at radius 1 is 1.53 bits per heavy atom. The Morgan fingerprint density at radius 2 is 2.35 bits per heavy atom. The average molecular weight is 250 g/mol. The van der Waals surface area contributed by atoms with Crippen LogP contribution in [0.5, 0.6) is 0 Å². The van der Waals surface area contributed by atoms with Crippen LogP contribution in [0, 0.1) is 5.92 Å². The Bertz CT molecular complexity index is 400. The van der Waals surface area contributed by atoms with E-state index in [-0.39, 0.29) is 12.1 Å². The molecule has 2 fully saturated rings. The van der Waals surface area contributed by atoms with Crippen molar-refractivity contribution in [1.29, 1.82) is 0 Å². The van der Waals surface area contributed by atoms with Gasteiger partial charge in [0.05, 0.1) is 6.54 Å². The van der Waals surface area contributed by atoms with Crippen molar-refractivity contribution >= 4 is 17.2 Å². The lowest BCUT2D eigenvalue weighted by Crippen LogP contribution is -2.44. The number of hydrogen-bond acceptors (Lipinski definition) is 3. The Hall–Kier alpha value is -0.870. The second kappa shape index (κ2) is 4.42. The van der Waals surface area contributed by atoms with Crippen LogP contribution in [-0.4, -0.2) is 23.4 Å². The molecule has 1 saturated heterocycles. The number of nitrogens with one attached hydrogen (secondary N) is 1. The lowest BCUT2D eigenvalue weighted by molar-refractivity contribution is -0.131. The molecule has 2 heterocycles. The predicted octanol–water partition coefficient (Wildman–Crippen LogP) is 2.37. The summed E-state index contributed by atoms with van der Waals surface area (Å²) in [6.07, 6.45) is 3.99. The molecule has 1 N–H and O–H groups in total. The summed E-state index contributed by atoms with van der Waals surface area (Å²) in [4.78, 5) is 14.1. The Balaban J connectivity index is 1.81. The van der Waals surface area contributed by atoms with E-state index in [0.29, 0.717) is 18.5 Å². The molecule has 0 aromatic carbocycles. The smallest absolute Gasteiger partial charge is 0.238 e. The van der Waals surface area contributed by atoms with Crippen LogP contribution in [-0.2, 0) is 4.79 Å². The monoisotopic (exact) mass is 250 g/mol. The van der Waals surface area contributed by atoms with Gasteiger partial charge in [0.2, 0.25) is 5.91 Å². The largest absolute Gasteiger partial charge is 0.319 e. The number of nitrogens with zero attached hydrogens (tertiary/aromatic N) is 1.